The highest BCUT2D eigenvalue weighted by molar-refractivity contribution is 5.67. The number of carbonyl (C=O) groups excluding carboxylic acids is 1. The standard InChI is InChI=1S/C25H26N4O4.2C2H6/c1-15(2)32-23-10-7-17(13-18(23)14-26)25-28-24(29-33-25)21-6-4-5-20-19(21)8-9-22(20)27-11-12-31-16(3)30;2*1-2/h4-7,10,13,15,22,27H,8-9,11-12H2,1-3H3;2*1-2H3. The summed E-state index contributed by atoms with van der Waals surface area (Å²) in [6.45, 7) is 14.2. The molecular formula is C29H38N4O4. The predicted molar refractivity (Wildman–Crippen MR) is 144 cm³/mol. The number of aromatic nitrogens is 2. The number of benzene rings is 2. The van der Waals surface area contributed by atoms with Gasteiger partial charge in [-0.1, -0.05) is 51.1 Å². The van der Waals surface area contributed by atoms with E-state index in [0.29, 0.717) is 41.7 Å². The van der Waals surface area contributed by atoms with Gasteiger partial charge in [0.2, 0.25) is 5.82 Å². The molecule has 8 heteroatoms. The number of hydrogen-bond donors (Lipinski definition) is 1. The van der Waals surface area contributed by atoms with E-state index >= 15 is 0 Å². The fourth-order valence-corrected chi connectivity index (χ4v) is 4.06. The van der Waals surface area contributed by atoms with Gasteiger partial charge in [-0.15, -0.1) is 0 Å². The van der Waals surface area contributed by atoms with Crippen LogP contribution in [0.1, 0.15) is 77.6 Å². The lowest BCUT2D eigenvalue weighted by molar-refractivity contribution is -0.140. The Balaban J connectivity index is 0.00000115. The lowest BCUT2D eigenvalue weighted by atomic mass is 10.0. The number of ether oxygens (including phenoxy) is 2. The van der Waals surface area contributed by atoms with Crippen molar-refractivity contribution in [2.75, 3.05) is 13.2 Å². The van der Waals surface area contributed by atoms with Crippen LogP contribution in [0, 0.1) is 11.3 Å². The first-order valence-corrected chi connectivity index (χ1v) is 13.0. The zero-order chi connectivity index (χ0) is 27.4. The van der Waals surface area contributed by atoms with Gasteiger partial charge in [0.05, 0.1) is 11.7 Å². The van der Waals surface area contributed by atoms with Crippen molar-refractivity contribution in [1.29, 1.82) is 5.26 Å². The van der Waals surface area contributed by atoms with Gasteiger partial charge in [0.25, 0.3) is 5.89 Å². The Bertz CT molecular complexity index is 1200. The molecule has 198 valence electrons. The molecule has 0 aliphatic heterocycles. The highest BCUT2D eigenvalue weighted by atomic mass is 16.5. The van der Waals surface area contributed by atoms with Crippen LogP contribution in [0.3, 0.4) is 0 Å². The average Bonchev–Trinajstić information content (AvgIpc) is 3.56. The van der Waals surface area contributed by atoms with E-state index in [1.807, 2.05) is 59.7 Å². The summed E-state index contributed by atoms with van der Waals surface area (Å²) >= 11 is 0. The van der Waals surface area contributed by atoms with Crippen LogP contribution in [0.4, 0.5) is 0 Å². The van der Waals surface area contributed by atoms with Gasteiger partial charge >= 0.3 is 5.97 Å². The summed E-state index contributed by atoms with van der Waals surface area (Å²) in [5.41, 5.74) is 4.41. The van der Waals surface area contributed by atoms with Gasteiger partial charge in [-0.05, 0) is 56.0 Å². The highest BCUT2D eigenvalue weighted by Gasteiger charge is 2.26. The van der Waals surface area contributed by atoms with Crippen LogP contribution < -0.4 is 10.1 Å². The summed E-state index contributed by atoms with van der Waals surface area (Å²) < 4.78 is 16.2. The van der Waals surface area contributed by atoms with E-state index in [1.165, 1.54) is 18.1 Å². The first-order valence-electron chi connectivity index (χ1n) is 13.0. The molecule has 4 rings (SSSR count). The maximum atomic E-state index is 10.9. The molecule has 2 aromatic carbocycles. The molecule has 8 nitrogen and oxygen atoms in total. The van der Waals surface area contributed by atoms with Crippen molar-refractivity contribution < 1.29 is 18.8 Å². The Morgan fingerprint density at radius 3 is 2.65 bits per heavy atom. The van der Waals surface area contributed by atoms with E-state index in [1.54, 1.807) is 12.1 Å². The molecule has 1 N–H and O–H groups in total. The molecule has 0 fully saturated rings. The van der Waals surface area contributed by atoms with Crippen LogP contribution in [0.25, 0.3) is 22.8 Å². The fourth-order valence-electron chi connectivity index (χ4n) is 4.06. The van der Waals surface area contributed by atoms with Crippen molar-refractivity contribution in [3.8, 4) is 34.7 Å². The fraction of sp³-hybridized carbons (Fsp3) is 0.448. The molecule has 0 bridgehead atoms. The van der Waals surface area contributed by atoms with Crippen LogP contribution >= 0.6 is 0 Å². The first-order chi connectivity index (χ1) is 18.0. The van der Waals surface area contributed by atoms with Gasteiger partial charge in [0.1, 0.15) is 18.4 Å². The van der Waals surface area contributed by atoms with Gasteiger partial charge in [0.15, 0.2) is 0 Å². The molecule has 0 amide bonds. The Morgan fingerprint density at radius 2 is 1.97 bits per heavy atom. The molecule has 1 unspecified atom stereocenters. The van der Waals surface area contributed by atoms with Gasteiger partial charge in [-0.2, -0.15) is 10.2 Å². The number of nitrogens with zero attached hydrogens (tertiary/aromatic N) is 3. The van der Waals surface area contributed by atoms with Gasteiger partial charge in [0, 0.05) is 30.6 Å². The predicted octanol–water partition coefficient (Wildman–Crippen LogP) is 6.25. The van der Waals surface area contributed by atoms with Crippen molar-refractivity contribution in [2.24, 2.45) is 0 Å². The monoisotopic (exact) mass is 506 g/mol. The Morgan fingerprint density at radius 1 is 1.22 bits per heavy atom. The van der Waals surface area contributed by atoms with E-state index < -0.39 is 0 Å². The number of rotatable bonds is 8. The van der Waals surface area contributed by atoms with Gasteiger partial charge in [-0.25, -0.2) is 0 Å². The zero-order valence-corrected chi connectivity index (χ0v) is 22.9. The second-order valence-electron chi connectivity index (χ2n) is 8.17. The number of esters is 1. The maximum absolute atomic E-state index is 10.9. The topological polar surface area (TPSA) is 110 Å². The Kier molecular flexibility index (Phi) is 11.8. The lowest BCUT2D eigenvalue weighted by Gasteiger charge is -2.14. The number of carbonyl (C=O) groups is 1. The summed E-state index contributed by atoms with van der Waals surface area (Å²) in [5.74, 6) is 1.12. The summed E-state index contributed by atoms with van der Waals surface area (Å²) in [4.78, 5) is 15.6. The molecule has 0 spiro atoms. The van der Waals surface area contributed by atoms with Crippen LogP contribution in [0.5, 0.6) is 5.75 Å². The van der Waals surface area contributed by atoms with Crippen LogP contribution in [-0.4, -0.2) is 35.4 Å². The molecule has 1 aromatic heterocycles. The largest absolute Gasteiger partial charge is 0.490 e. The second kappa shape index (κ2) is 14.8. The third-order valence-corrected chi connectivity index (χ3v) is 5.45. The van der Waals surface area contributed by atoms with Gasteiger partial charge < -0.3 is 19.3 Å². The molecular weight excluding hydrogens is 468 g/mol. The lowest BCUT2D eigenvalue weighted by Crippen LogP contribution is -2.24. The van der Waals surface area contributed by atoms with E-state index in [-0.39, 0.29) is 18.1 Å². The molecule has 1 heterocycles. The number of hydrogen-bond acceptors (Lipinski definition) is 8. The van der Waals surface area contributed by atoms with Crippen LogP contribution in [0.15, 0.2) is 40.9 Å². The molecule has 0 saturated carbocycles. The van der Waals surface area contributed by atoms with Crippen molar-refractivity contribution in [2.45, 2.75) is 73.5 Å². The first kappa shape index (κ1) is 29.5. The average molecular weight is 507 g/mol. The number of nitriles is 1. The minimum Gasteiger partial charge on any atom is -0.490 e. The minimum atomic E-state index is -0.275. The molecule has 0 saturated heterocycles. The minimum absolute atomic E-state index is 0.0295. The number of nitrogens with one attached hydrogen (secondary N) is 1. The van der Waals surface area contributed by atoms with Crippen LogP contribution in [0.2, 0.25) is 0 Å². The van der Waals surface area contributed by atoms with E-state index in [4.69, 9.17) is 14.0 Å². The van der Waals surface area contributed by atoms with Crippen molar-refractivity contribution in [3.63, 3.8) is 0 Å². The van der Waals surface area contributed by atoms with Crippen molar-refractivity contribution >= 4 is 5.97 Å². The quantitative estimate of drug-likeness (QED) is 0.282. The second-order valence-corrected chi connectivity index (χ2v) is 8.17. The third-order valence-electron chi connectivity index (χ3n) is 5.45. The molecule has 1 aliphatic rings. The smallest absolute Gasteiger partial charge is 0.302 e. The number of fused-ring (bicyclic) bond motifs is 1. The molecule has 1 aliphatic carbocycles. The Hall–Kier alpha value is -3.70. The summed E-state index contributed by atoms with van der Waals surface area (Å²) in [6, 6.07) is 13.7. The molecule has 1 atom stereocenters. The summed E-state index contributed by atoms with van der Waals surface area (Å²) in [5, 5.41) is 17.2. The van der Waals surface area contributed by atoms with Gasteiger partial charge in [-0.3, -0.25) is 4.79 Å². The molecule has 3 aromatic rings. The van der Waals surface area contributed by atoms with E-state index in [9.17, 15) is 10.1 Å². The van der Waals surface area contributed by atoms with E-state index in [2.05, 4.69) is 27.6 Å². The normalized spacial score (nSPS) is 13.4. The zero-order valence-electron chi connectivity index (χ0n) is 22.9. The highest BCUT2D eigenvalue weighted by Crippen LogP contribution is 2.37. The SMILES string of the molecule is CC.CC.CC(=O)OCCNC1CCc2c(-c3noc(-c4ccc(OC(C)C)c(C#N)c4)n3)cccc21. The Labute approximate surface area is 220 Å². The van der Waals surface area contributed by atoms with Crippen molar-refractivity contribution in [3.05, 3.63) is 53.1 Å². The third kappa shape index (κ3) is 7.64. The summed E-state index contributed by atoms with van der Waals surface area (Å²) in [6.07, 6.45) is 1.80. The maximum Gasteiger partial charge on any atom is 0.302 e. The van der Waals surface area contributed by atoms with Crippen molar-refractivity contribution in [1.82, 2.24) is 15.5 Å². The van der Waals surface area contributed by atoms with E-state index in [0.717, 1.165) is 18.4 Å². The van der Waals surface area contributed by atoms with Crippen LogP contribution in [-0.2, 0) is 16.0 Å². The molecule has 0 radical (unpaired) electrons. The molecule has 37 heavy (non-hydrogen) atoms. The summed E-state index contributed by atoms with van der Waals surface area (Å²) in [7, 11) is 0.